The highest BCUT2D eigenvalue weighted by Crippen LogP contribution is 2.65. The summed E-state index contributed by atoms with van der Waals surface area (Å²) < 4.78 is 0. The zero-order valence-corrected chi connectivity index (χ0v) is 26.4. The van der Waals surface area contributed by atoms with E-state index in [1.807, 2.05) is 26.8 Å². The molecule has 0 saturated heterocycles. The number of hydrogen-bond acceptors (Lipinski definition) is 7. The van der Waals surface area contributed by atoms with Gasteiger partial charge in [-0.25, -0.2) is 0 Å². The Labute approximate surface area is 248 Å². The average molecular weight is 577 g/mol. The van der Waals surface area contributed by atoms with Gasteiger partial charge < -0.3 is 20.4 Å². The fourth-order valence-electron chi connectivity index (χ4n) is 7.82. The van der Waals surface area contributed by atoms with Gasteiger partial charge in [-0.15, -0.1) is 0 Å². The number of rotatable bonds is 3. The van der Waals surface area contributed by atoms with E-state index in [2.05, 4.69) is 25.7 Å². The third-order valence-electron chi connectivity index (χ3n) is 9.55. The number of carbonyl (C=O) groups excluding carboxylic acids is 3. The normalized spacial score (nSPS) is 29.3. The summed E-state index contributed by atoms with van der Waals surface area (Å²) in [4.78, 5) is 40.8. The van der Waals surface area contributed by atoms with Gasteiger partial charge >= 0.3 is 0 Å². The van der Waals surface area contributed by atoms with Crippen molar-refractivity contribution in [3.05, 3.63) is 45.2 Å². The van der Waals surface area contributed by atoms with Gasteiger partial charge in [0, 0.05) is 39.9 Å². The number of aliphatic hydroxyl groups is 3. The molecule has 0 radical (unpaired) electrons. The predicted octanol–water partition coefficient (Wildman–Crippen LogP) is 5.89. The van der Waals surface area contributed by atoms with Crippen LogP contribution in [0.25, 0.3) is 5.76 Å². The maximum absolute atomic E-state index is 14.5. The monoisotopic (exact) mass is 576 g/mol. The summed E-state index contributed by atoms with van der Waals surface area (Å²) in [7, 11) is 0. The van der Waals surface area contributed by atoms with Crippen molar-refractivity contribution < 1.29 is 34.8 Å². The first kappa shape index (κ1) is 31.6. The predicted molar refractivity (Wildman–Crippen MR) is 161 cm³/mol. The number of hydrogen-bond donors (Lipinski definition) is 4. The number of aromatic hydroxyl groups is 1. The highest BCUT2D eigenvalue weighted by atomic mass is 16.3. The molecule has 1 unspecified atom stereocenters. The second-order valence-corrected chi connectivity index (χ2v) is 14.8. The SMILES string of the molecule is CC(=O)C1=C(O)[C@]2(O)C(=O)C3=C(O)c4c(O)c(C(C)(C)C)cc(C#CCC(C)C)c4C[C@]3(C)C[C@]2(C)C(C(C)C)C1=O. The van der Waals surface area contributed by atoms with Gasteiger partial charge in [0.2, 0.25) is 5.78 Å². The molecule has 0 aliphatic heterocycles. The zero-order valence-electron chi connectivity index (χ0n) is 26.4. The zero-order chi connectivity index (χ0) is 31.9. The van der Waals surface area contributed by atoms with Crippen molar-refractivity contribution in [3.8, 4) is 17.6 Å². The van der Waals surface area contributed by atoms with E-state index in [9.17, 15) is 34.8 Å². The number of allylic oxidation sites excluding steroid dienone is 1. The molecule has 3 aliphatic carbocycles. The van der Waals surface area contributed by atoms with E-state index >= 15 is 0 Å². The maximum Gasteiger partial charge on any atom is 0.203 e. The second-order valence-electron chi connectivity index (χ2n) is 14.8. The lowest BCUT2D eigenvalue weighted by Gasteiger charge is -2.59. The Morgan fingerprint density at radius 1 is 1.10 bits per heavy atom. The first-order valence-electron chi connectivity index (χ1n) is 14.7. The Balaban J connectivity index is 2.11. The van der Waals surface area contributed by atoms with Crippen molar-refractivity contribution in [3.63, 3.8) is 0 Å². The Morgan fingerprint density at radius 2 is 1.69 bits per heavy atom. The summed E-state index contributed by atoms with van der Waals surface area (Å²) in [6.07, 6.45) is 0.897. The van der Waals surface area contributed by atoms with E-state index in [0.29, 0.717) is 29.0 Å². The summed E-state index contributed by atoms with van der Waals surface area (Å²) >= 11 is 0. The van der Waals surface area contributed by atoms with Crippen molar-refractivity contribution in [2.75, 3.05) is 0 Å². The van der Waals surface area contributed by atoms with Gasteiger partial charge in [0.1, 0.15) is 22.8 Å². The van der Waals surface area contributed by atoms with Crippen LogP contribution in [0.2, 0.25) is 0 Å². The molecule has 1 aromatic carbocycles. The van der Waals surface area contributed by atoms with Gasteiger partial charge in [-0.05, 0) is 48.6 Å². The number of fused-ring (bicyclic) bond motifs is 3. The van der Waals surface area contributed by atoms with E-state index in [1.165, 1.54) is 0 Å². The average Bonchev–Trinajstić information content (AvgIpc) is 2.81. The Bertz CT molecular complexity index is 1540. The van der Waals surface area contributed by atoms with Crippen molar-refractivity contribution in [2.24, 2.45) is 28.6 Å². The van der Waals surface area contributed by atoms with E-state index in [-0.39, 0.29) is 35.6 Å². The van der Waals surface area contributed by atoms with Gasteiger partial charge in [0.25, 0.3) is 0 Å². The van der Waals surface area contributed by atoms with Gasteiger partial charge in [-0.3, -0.25) is 14.4 Å². The minimum atomic E-state index is -2.63. The standard InChI is InChI=1S/C35H44O7/c1-17(2)12-11-13-20-14-22(32(6,7)8)27(37)24-21(20)15-33(9)16-34(10)25(18(3)4)28(38)23(19(5)36)30(40)35(34,42)31(41)26(33)29(24)39/h14,17-18,25,37,39-40,42H,12,15-16H2,1-10H3/t25?,33-,34-,35+/m1/s1. The molecular formula is C35H44O7. The van der Waals surface area contributed by atoms with Crippen LogP contribution >= 0.6 is 0 Å². The molecule has 7 nitrogen and oxygen atoms in total. The molecule has 1 saturated carbocycles. The van der Waals surface area contributed by atoms with Crippen LogP contribution in [0.4, 0.5) is 0 Å². The molecule has 1 aromatic rings. The number of aliphatic hydroxyl groups excluding tert-OH is 2. The summed E-state index contributed by atoms with van der Waals surface area (Å²) in [6.45, 7) is 18.0. The Hall–Kier alpha value is -3.37. The van der Waals surface area contributed by atoms with Crippen molar-refractivity contribution in [1.29, 1.82) is 0 Å². The van der Waals surface area contributed by atoms with Crippen LogP contribution in [-0.2, 0) is 26.2 Å². The highest BCUT2D eigenvalue weighted by molar-refractivity contribution is 6.24. The molecule has 3 aliphatic rings. The minimum absolute atomic E-state index is 0.0472. The molecule has 4 N–H and O–H groups in total. The lowest BCUT2D eigenvalue weighted by molar-refractivity contribution is -0.178. The number of Topliss-reactive ketones (excluding diaryl/α,β-unsaturated/α-hetero) is 3. The van der Waals surface area contributed by atoms with Gasteiger partial charge in [-0.1, -0.05) is 74.2 Å². The molecule has 4 rings (SSSR count). The molecule has 7 heteroatoms. The van der Waals surface area contributed by atoms with E-state index in [4.69, 9.17) is 0 Å². The van der Waals surface area contributed by atoms with E-state index in [0.717, 1.165) is 6.92 Å². The first-order chi connectivity index (χ1) is 19.1. The number of benzene rings is 1. The minimum Gasteiger partial charge on any atom is -0.508 e. The smallest absolute Gasteiger partial charge is 0.203 e. The maximum atomic E-state index is 14.5. The van der Waals surface area contributed by atoms with Crippen molar-refractivity contribution in [1.82, 2.24) is 0 Å². The quantitative estimate of drug-likeness (QED) is 0.261. The molecule has 0 amide bonds. The van der Waals surface area contributed by atoms with Crippen LogP contribution in [0, 0.1) is 40.4 Å². The molecule has 0 aromatic heterocycles. The third kappa shape index (κ3) is 4.25. The highest BCUT2D eigenvalue weighted by Gasteiger charge is 2.72. The number of phenols is 1. The van der Waals surface area contributed by atoms with E-state index in [1.54, 1.807) is 27.7 Å². The largest absolute Gasteiger partial charge is 0.508 e. The number of phenolic OH excluding ortho intramolecular Hbond substituents is 1. The van der Waals surface area contributed by atoms with Crippen LogP contribution in [-0.4, -0.2) is 43.4 Å². The molecule has 42 heavy (non-hydrogen) atoms. The van der Waals surface area contributed by atoms with Crippen LogP contribution in [0.15, 0.2) is 23.0 Å². The number of carbonyl (C=O) groups is 3. The lowest BCUT2D eigenvalue weighted by atomic mass is 9.43. The van der Waals surface area contributed by atoms with Crippen LogP contribution in [0.3, 0.4) is 0 Å². The lowest BCUT2D eigenvalue weighted by Crippen LogP contribution is -2.69. The molecule has 0 bridgehead atoms. The van der Waals surface area contributed by atoms with Crippen LogP contribution in [0.1, 0.15) is 104 Å². The van der Waals surface area contributed by atoms with Gasteiger partial charge in [-0.2, -0.15) is 0 Å². The van der Waals surface area contributed by atoms with Gasteiger partial charge in [0.15, 0.2) is 17.2 Å². The van der Waals surface area contributed by atoms with Crippen LogP contribution in [0.5, 0.6) is 5.75 Å². The van der Waals surface area contributed by atoms with Crippen molar-refractivity contribution >= 4 is 23.1 Å². The van der Waals surface area contributed by atoms with Gasteiger partial charge in [0.05, 0.1) is 5.56 Å². The second kappa shape index (κ2) is 9.84. The number of ketones is 3. The molecule has 0 heterocycles. The van der Waals surface area contributed by atoms with E-state index < -0.39 is 62.2 Å². The molecular weight excluding hydrogens is 532 g/mol. The summed E-state index contributed by atoms with van der Waals surface area (Å²) in [6, 6.07) is 1.85. The topological polar surface area (TPSA) is 132 Å². The van der Waals surface area contributed by atoms with Crippen LogP contribution < -0.4 is 0 Å². The molecule has 4 atom stereocenters. The fraction of sp³-hybridized carbons (Fsp3) is 0.571. The summed E-state index contributed by atoms with van der Waals surface area (Å²) in [5.74, 6) is 1.55. The van der Waals surface area contributed by atoms with Crippen molar-refractivity contribution in [2.45, 2.75) is 99.5 Å². The molecule has 1 fully saturated rings. The Morgan fingerprint density at radius 3 is 2.19 bits per heavy atom. The first-order valence-corrected chi connectivity index (χ1v) is 14.7. The third-order valence-corrected chi connectivity index (χ3v) is 9.55. The summed E-state index contributed by atoms with van der Waals surface area (Å²) in [5, 5.41) is 47.0. The fourth-order valence-corrected chi connectivity index (χ4v) is 7.82. The molecule has 0 spiro atoms. The summed E-state index contributed by atoms with van der Waals surface area (Å²) in [5.41, 5.74) is -4.59. The molecule has 226 valence electrons. The Kier molecular flexibility index (Phi) is 7.40.